The molecule has 0 atom stereocenters. The molecular weight excluding hydrogens is 605 g/mol. The molecule has 9 nitrogen and oxygen atoms in total. The quantitative estimate of drug-likeness (QED) is 0.158. The molecule has 5 amide bonds. The molecule has 0 spiro atoms. The van der Waals surface area contributed by atoms with Gasteiger partial charge in [0.1, 0.15) is 5.57 Å². The maximum Gasteiger partial charge on any atom is 0.343 e. The summed E-state index contributed by atoms with van der Waals surface area (Å²) in [6.07, 6.45) is 1.34. The van der Waals surface area contributed by atoms with Gasteiger partial charge in [-0.3, -0.25) is 14.4 Å². The Morgan fingerprint density at radius 2 is 1.36 bits per heavy atom. The van der Waals surface area contributed by atoms with Gasteiger partial charge in [-0.05, 0) is 79.2 Å². The highest BCUT2D eigenvalue weighted by molar-refractivity contribution is 6.46. The lowest BCUT2D eigenvalue weighted by Crippen LogP contribution is -2.57. The van der Waals surface area contributed by atoms with Crippen LogP contribution in [0, 0.1) is 0 Å². The zero-order valence-electron chi connectivity index (χ0n) is 23.3. The van der Waals surface area contributed by atoms with E-state index in [0.717, 1.165) is 9.80 Å². The van der Waals surface area contributed by atoms with Crippen LogP contribution in [0.5, 0.6) is 11.5 Å². The minimum Gasteiger partial charge on any atom is -0.490 e. The molecule has 4 aromatic rings. The summed E-state index contributed by atoms with van der Waals surface area (Å²) >= 11 is 12.5. The number of hydrogen-bond acceptors (Lipinski definition) is 6. The van der Waals surface area contributed by atoms with E-state index in [2.05, 4.69) is 5.32 Å². The minimum absolute atomic E-state index is 0.0775. The zero-order valence-corrected chi connectivity index (χ0v) is 24.8. The smallest absolute Gasteiger partial charge is 0.343 e. The number of benzene rings is 4. The van der Waals surface area contributed by atoms with Crippen molar-refractivity contribution in [2.45, 2.75) is 6.92 Å². The summed E-state index contributed by atoms with van der Waals surface area (Å²) in [5.41, 5.74) is 1.21. The molecule has 11 heteroatoms. The predicted octanol–water partition coefficient (Wildman–Crippen LogP) is 6.99. The van der Waals surface area contributed by atoms with Gasteiger partial charge in [-0.1, -0.05) is 59.6 Å². The van der Waals surface area contributed by atoms with Gasteiger partial charge in [0.05, 0.1) is 23.0 Å². The molecule has 1 fully saturated rings. The Labute approximate surface area is 263 Å². The molecule has 0 bridgehead atoms. The van der Waals surface area contributed by atoms with Crippen molar-refractivity contribution in [1.82, 2.24) is 0 Å². The van der Waals surface area contributed by atoms with E-state index in [9.17, 15) is 19.2 Å². The average molecular weight is 630 g/mol. The fourth-order valence-corrected chi connectivity index (χ4v) is 4.85. The summed E-state index contributed by atoms with van der Waals surface area (Å²) in [6.45, 7) is 1.62. The fourth-order valence-electron chi connectivity index (χ4n) is 4.45. The van der Waals surface area contributed by atoms with Gasteiger partial charge < -0.3 is 14.8 Å². The van der Waals surface area contributed by atoms with Crippen LogP contribution in [-0.4, -0.2) is 37.0 Å². The van der Waals surface area contributed by atoms with Crippen molar-refractivity contribution in [2.24, 2.45) is 0 Å². The summed E-state index contributed by atoms with van der Waals surface area (Å²) in [5.74, 6) is -1.74. The lowest BCUT2D eigenvalue weighted by Gasteiger charge is -2.34. The zero-order chi connectivity index (χ0) is 31.2. The average Bonchev–Trinajstić information content (AvgIpc) is 3.01. The van der Waals surface area contributed by atoms with Gasteiger partial charge in [0.25, 0.3) is 17.7 Å². The number of amides is 5. The van der Waals surface area contributed by atoms with E-state index in [-0.39, 0.29) is 35.3 Å². The van der Waals surface area contributed by atoms with Crippen molar-refractivity contribution >= 4 is 70.1 Å². The van der Waals surface area contributed by atoms with E-state index in [1.807, 2.05) is 0 Å². The van der Waals surface area contributed by atoms with Crippen molar-refractivity contribution in [3.63, 3.8) is 0 Å². The summed E-state index contributed by atoms with van der Waals surface area (Å²) in [7, 11) is 0. The van der Waals surface area contributed by atoms with Crippen LogP contribution in [0.25, 0.3) is 6.08 Å². The lowest BCUT2D eigenvalue weighted by molar-refractivity contribution is -0.121. The molecule has 222 valence electrons. The van der Waals surface area contributed by atoms with E-state index in [1.165, 1.54) is 18.2 Å². The third kappa shape index (κ3) is 6.59. The SMILES string of the molecule is CCOc1cc(C=C2C(=O)N(c3ccccc3)C(=O)N(c3ccccc3)C2=O)cc(Cl)c1OCC(=O)Nc1ccc(Cl)cc1. The van der Waals surface area contributed by atoms with Crippen LogP contribution in [0.2, 0.25) is 10.0 Å². The second kappa shape index (κ2) is 13.5. The summed E-state index contributed by atoms with van der Waals surface area (Å²) in [6, 6.07) is 25.5. The first-order valence-corrected chi connectivity index (χ1v) is 14.2. The van der Waals surface area contributed by atoms with Gasteiger partial charge in [0, 0.05) is 10.7 Å². The molecule has 0 aliphatic carbocycles. The van der Waals surface area contributed by atoms with Crippen molar-refractivity contribution in [2.75, 3.05) is 28.3 Å². The molecule has 0 radical (unpaired) electrons. The van der Waals surface area contributed by atoms with Crippen LogP contribution in [0.3, 0.4) is 0 Å². The Kier molecular flexibility index (Phi) is 9.28. The normalized spacial score (nSPS) is 13.2. The number of carbonyl (C=O) groups is 4. The Bertz CT molecular complexity index is 1680. The van der Waals surface area contributed by atoms with Crippen LogP contribution in [0.1, 0.15) is 12.5 Å². The fraction of sp³-hybridized carbons (Fsp3) is 0.0909. The molecule has 1 aliphatic heterocycles. The number of nitrogens with zero attached hydrogens (tertiary/aromatic N) is 2. The largest absolute Gasteiger partial charge is 0.490 e. The monoisotopic (exact) mass is 629 g/mol. The highest BCUT2D eigenvalue weighted by atomic mass is 35.5. The first-order chi connectivity index (χ1) is 21.3. The molecule has 4 aromatic carbocycles. The van der Waals surface area contributed by atoms with Gasteiger partial charge in [-0.15, -0.1) is 0 Å². The van der Waals surface area contributed by atoms with Crippen LogP contribution >= 0.6 is 23.2 Å². The predicted molar refractivity (Wildman–Crippen MR) is 169 cm³/mol. The third-order valence-corrected chi connectivity index (χ3v) is 6.93. The maximum absolute atomic E-state index is 13.7. The summed E-state index contributed by atoms with van der Waals surface area (Å²) in [5, 5.41) is 3.31. The first kappa shape index (κ1) is 30.3. The molecule has 0 aromatic heterocycles. The van der Waals surface area contributed by atoms with Gasteiger partial charge in [0.15, 0.2) is 18.1 Å². The van der Waals surface area contributed by atoms with Crippen molar-refractivity contribution < 1.29 is 28.7 Å². The molecule has 1 N–H and O–H groups in total. The van der Waals surface area contributed by atoms with Crippen LogP contribution in [0.4, 0.5) is 21.9 Å². The Hall–Kier alpha value is -5.12. The molecular formula is C33H25Cl2N3O6. The van der Waals surface area contributed by atoms with Crippen molar-refractivity contribution in [3.05, 3.63) is 118 Å². The summed E-state index contributed by atoms with van der Waals surface area (Å²) < 4.78 is 11.5. The van der Waals surface area contributed by atoms with Gasteiger partial charge >= 0.3 is 6.03 Å². The Morgan fingerprint density at radius 1 is 0.795 bits per heavy atom. The maximum atomic E-state index is 13.7. The number of ether oxygens (including phenoxy) is 2. The Morgan fingerprint density at radius 3 is 1.91 bits per heavy atom. The van der Waals surface area contributed by atoms with Gasteiger partial charge in [-0.25, -0.2) is 14.6 Å². The number of barbiturate groups is 1. The number of halogens is 2. The van der Waals surface area contributed by atoms with Gasteiger partial charge in [-0.2, -0.15) is 0 Å². The van der Waals surface area contributed by atoms with Crippen molar-refractivity contribution in [1.29, 1.82) is 0 Å². The van der Waals surface area contributed by atoms with E-state index >= 15 is 0 Å². The lowest BCUT2D eigenvalue weighted by atomic mass is 10.0. The molecule has 44 heavy (non-hydrogen) atoms. The second-order valence-electron chi connectivity index (χ2n) is 9.40. The summed E-state index contributed by atoms with van der Waals surface area (Å²) in [4.78, 5) is 55.3. The number of nitrogens with one attached hydrogen (secondary N) is 1. The molecule has 1 aliphatic rings. The van der Waals surface area contributed by atoms with E-state index in [1.54, 1.807) is 91.9 Å². The third-order valence-electron chi connectivity index (χ3n) is 6.40. The molecule has 1 saturated heterocycles. The van der Waals surface area contributed by atoms with Crippen molar-refractivity contribution in [3.8, 4) is 11.5 Å². The minimum atomic E-state index is -0.803. The Balaban J connectivity index is 1.47. The van der Waals surface area contributed by atoms with Gasteiger partial charge in [0.2, 0.25) is 0 Å². The van der Waals surface area contributed by atoms with Crippen LogP contribution in [-0.2, 0) is 14.4 Å². The number of imide groups is 2. The highest BCUT2D eigenvalue weighted by Crippen LogP contribution is 2.38. The first-order valence-electron chi connectivity index (χ1n) is 13.5. The molecule has 0 unspecified atom stereocenters. The van der Waals surface area contributed by atoms with E-state index < -0.39 is 23.8 Å². The number of para-hydroxylation sites is 2. The van der Waals surface area contributed by atoms with Crippen LogP contribution < -0.4 is 24.6 Å². The van der Waals surface area contributed by atoms with E-state index in [0.29, 0.717) is 27.6 Å². The molecule has 1 heterocycles. The second-order valence-corrected chi connectivity index (χ2v) is 10.2. The number of carbonyl (C=O) groups excluding carboxylic acids is 4. The van der Waals surface area contributed by atoms with E-state index in [4.69, 9.17) is 32.7 Å². The molecule has 0 saturated carbocycles. The number of hydrogen-bond donors (Lipinski definition) is 1. The topological polar surface area (TPSA) is 105 Å². The molecule has 5 rings (SSSR count). The number of rotatable bonds is 9. The number of urea groups is 1. The van der Waals surface area contributed by atoms with Crippen LogP contribution in [0.15, 0.2) is 103 Å². The highest BCUT2D eigenvalue weighted by Gasteiger charge is 2.43. The standard InChI is InChI=1S/C33H25Cl2N3O6/c1-2-43-28-19-21(18-27(35)30(28)44-20-29(39)36-23-15-13-22(34)14-16-23)17-26-31(40)37(24-9-5-3-6-10-24)33(42)38(32(26)41)25-11-7-4-8-12-25/h3-19H,2,20H2,1H3,(H,36,39). The number of anilines is 3.